The number of halogens is 1. The van der Waals surface area contributed by atoms with Gasteiger partial charge in [0.25, 0.3) is 5.91 Å². The van der Waals surface area contributed by atoms with Crippen LogP contribution in [0.1, 0.15) is 15.9 Å². The smallest absolute Gasteiger partial charge is 0.273 e. The van der Waals surface area contributed by atoms with E-state index in [9.17, 15) is 22.7 Å². The number of amides is 1. The molecule has 0 unspecified atom stereocenters. The second-order valence-corrected chi connectivity index (χ2v) is 7.14. The van der Waals surface area contributed by atoms with Gasteiger partial charge in [0.15, 0.2) is 9.84 Å². The molecule has 2 aromatic rings. The Labute approximate surface area is 137 Å². The number of hydrogen-bond donors (Lipinski definition) is 3. The molecule has 0 bridgehead atoms. The van der Waals surface area contributed by atoms with Crippen LogP contribution < -0.4 is 10.9 Å². The van der Waals surface area contributed by atoms with Crippen LogP contribution in [0, 0.1) is 5.82 Å². The third-order valence-corrected chi connectivity index (χ3v) is 5.16. The minimum Gasteiger partial charge on any atom is -0.507 e. The van der Waals surface area contributed by atoms with Crippen LogP contribution >= 0.6 is 0 Å². The van der Waals surface area contributed by atoms with Crippen molar-refractivity contribution < 1.29 is 22.7 Å². The van der Waals surface area contributed by atoms with E-state index in [0.717, 1.165) is 12.1 Å². The quantitative estimate of drug-likeness (QED) is 0.578. The Morgan fingerprint density at radius 2 is 1.92 bits per heavy atom. The van der Waals surface area contributed by atoms with Crippen molar-refractivity contribution in [2.75, 3.05) is 5.75 Å². The molecule has 0 aliphatic carbocycles. The predicted molar refractivity (Wildman–Crippen MR) is 85.1 cm³/mol. The maximum absolute atomic E-state index is 13.5. The van der Waals surface area contributed by atoms with E-state index in [1.165, 1.54) is 24.3 Å². The largest absolute Gasteiger partial charge is 0.507 e. The minimum atomic E-state index is -3.52. The Morgan fingerprint density at radius 1 is 1.17 bits per heavy atom. The van der Waals surface area contributed by atoms with Crippen molar-refractivity contribution in [3.8, 4) is 5.75 Å². The first-order valence-electron chi connectivity index (χ1n) is 6.96. The van der Waals surface area contributed by atoms with Crippen LogP contribution in [0.5, 0.6) is 5.75 Å². The van der Waals surface area contributed by atoms with Gasteiger partial charge in [-0.25, -0.2) is 12.8 Å². The molecule has 1 aliphatic rings. The fourth-order valence-electron chi connectivity index (χ4n) is 2.35. The molecule has 24 heavy (non-hydrogen) atoms. The van der Waals surface area contributed by atoms with Gasteiger partial charge in [0.2, 0.25) is 0 Å². The maximum atomic E-state index is 13.5. The lowest BCUT2D eigenvalue weighted by Crippen LogP contribution is -2.37. The highest BCUT2D eigenvalue weighted by atomic mass is 32.2. The summed E-state index contributed by atoms with van der Waals surface area (Å²) in [7, 11) is -3.52. The number of para-hydroxylation sites is 1. The monoisotopic (exact) mass is 348 g/mol. The van der Waals surface area contributed by atoms with Crippen LogP contribution in [-0.2, 0) is 9.84 Å². The van der Waals surface area contributed by atoms with Gasteiger partial charge in [-0.2, -0.15) is 0 Å². The molecule has 3 N–H and O–H groups in total. The lowest BCUT2D eigenvalue weighted by molar-refractivity contribution is 0.0939. The first-order chi connectivity index (χ1) is 11.4. The molecule has 0 spiro atoms. The van der Waals surface area contributed by atoms with Gasteiger partial charge in [-0.05, 0) is 36.4 Å². The van der Waals surface area contributed by atoms with Crippen molar-refractivity contribution in [1.82, 2.24) is 10.9 Å². The van der Waals surface area contributed by atoms with E-state index in [1.54, 1.807) is 12.1 Å². The SMILES string of the molecule is O=C(NNC1=CCS(=O)(=O)c2ccc(F)cc21)c1ccccc1O. The molecule has 8 heteroatoms. The lowest BCUT2D eigenvalue weighted by atomic mass is 10.1. The summed E-state index contributed by atoms with van der Waals surface area (Å²) < 4.78 is 37.5. The molecule has 124 valence electrons. The van der Waals surface area contributed by atoms with E-state index in [1.807, 2.05) is 0 Å². The third kappa shape index (κ3) is 2.95. The van der Waals surface area contributed by atoms with E-state index < -0.39 is 21.6 Å². The molecule has 1 amide bonds. The second-order valence-electron chi connectivity index (χ2n) is 5.14. The number of hydrogen-bond acceptors (Lipinski definition) is 5. The zero-order chi connectivity index (χ0) is 17.3. The molecule has 0 saturated carbocycles. The van der Waals surface area contributed by atoms with Crippen molar-refractivity contribution in [3.63, 3.8) is 0 Å². The number of benzene rings is 2. The van der Waals surface area contributed by atoms with E-state index in [-0.39, 0.29) is 33.2 Å². The number of fused-ring (bicyclic) bond motifs is 1. The Hall–Kier alpha value is -2.87. The van der Waals surface area contributed by atoms with Crippen LogP contribution in [-0.4, -0.2) is 25.2 Å². The average Bonchev–Trinajstić information content (AvgIpc) is 2.54. The highest BCUT2D eigenvalue weighted by Gasteiger charge is 2.25. The van der Waals surface area contributed by atoms with E-state index >= 15 is 0 Å². The zero-order valence-corrected chi connectivity index (χ0v) is 13.1. The molecule has 6 nitrogen and oxygen atoms in total. The van der Waals surface area contributed by atoms with E-state index in [0.29, 0.717) is 0 Å². The first kappa shape index (κ1) is 16.0. The summed E-state index contributed by atoms with van der Waals surface area (Å²) in [5.41, 5.74) is 5.40. The Balaban J connectivity index is 1.85. The normalized spacial score (nSPS) is 15.1. The van der Waals surface area contributed by atoms with Gasteiger partial charge in [0.1, 0.15) is 11.6 Å². The maximum Gasteiger partial charge on any atom is 0.273 e. The fourth-order valence-corrected chi connectivity index (χ4v) is 3.70. The number of carbonyl (C=O) groups is 1. The van der Waals surface area contributed by atoms with Gasteiger partial charge in [-0.15, -0.1) is 0 Å². The highest BCUT2D eigenvalue weighted by Crippen LogP contribution is 2.28. The molecule has 0 aromatic heterocycles. The summed E-state index contributed by atoms with van der Waals surface area (Å²) in [6.45, 7) is 0. The fraction of sp³-hybridized carbons (Fsp3) is 0.0625. The summed E-state index contributed by atoms with van der Waals surface area (Å²) in [6.07, 6.45) is 1.35. The van der Waals surface area contributed by atoms with E-state index in [2.05, 4.69) is 10.9 Å². The Morgan fingerprint density at radius 3 is 2.67 bits per heavy atom. The summed E-state index contributed by atoms with van der Waals surface area (Å²) in [6, 6.07) is 9.31. The first-order valence-corrected chi connectivity index (χ1v) is 8.61. The Bertz CT molecular complexity index is 954. The number of rotatable bonds is 3. The number of nitrogens with one attached hydrogen (secondary N) is 2. The Kier molecular flexibility index (Phi) is 3.98. The number of aromatic hydroxyl groups is 1. The molecule has 1 aliphatic heterocycles. The van der Waals surface area contributed by atoms with Crippen LogP contribution in [0.2, 0.25) is 0 Å². The summed E-state index contributed by atoms with van der Waals surface area (Å²) >= 11 is 0. The molecule has 0 radical (unpaired) electrons. The predicted octanol–water partition coefficient (Wildman–Crippen LogP) is 1.59. The summed E-state index contributed by atoms with van der Waals surface area (Å²) in [5.74, 6) is -1.66. The molecule has 3 rings (SSSR count). The van der Waals surface area contributed by atoms with Gasteiger partial charge < -0.3 is 5.11 Å². The number of hydrazine groups is 1. The topological polar surface area (TPSA) is 95.5 Å². The molecular weight excluding hydrogens is 335 g/mol. The molecule has 0 saturated heterocycles. The average molecular weight is 348 g/mol. The number of phenols is 1. The number of phenolic OH excluding ortho intramolecular Hbond substituents is 1. The lowest BCUT2D eigenvalue weighted by Gasteiger charge is -2.20. The van der Waals surface area contributed by atoms with E-state index in [4.69, 9.17) is 0 Å². The van der Waals surface area contributed by atoms with Crippen LogP contribution in [0.3, 0.4) is 0 Å². The van der Waals surface area contributed by atoms with Gasteiger partial charge in [0, 0.05) is 5.56 Å². The van der Waals surface area contributed by atoms with Gasteiger partial charge in [-0.1, -0.05) is 12.1 Å². The molecule has 0 atom stereocenters. The molecule has 0 fully saturated rings. The van der Waals surface area contributed by atoms with Gasteiger partial charge in [-0.3, -0.25) is 15.6 Å². The highest BCUT2D eigenvalue weighted by molar-refractivity contribution is 7.91. The van der Waals surface area contributed by atoms with Crippen LogP contribution in [0.4, 0.5) is 4.39 Å². The third-order valence-electron chi connectivity index (χ3n) is 3.53. The van der Waals surface area contributed by atoms with Crippen LogP contribution in [0.15, 0.2) is 53.4 Å². The van der Waals surface area contributed by atoms with Crippen molar-refractivity contribution >= 4 is 21.4 Å². The summed E-state index contributed by atoms with van der Waals surface area (Å²) in [4.78, 5) is 12.1. The van der Waals surface area contributed by atoms with Crippen molar-refractivity contribution in [2.24, 2.45) is 0 Å². The van der Waals surface area contributed by atoms with Crippen molar-refractivity contribution in [2.45, 2.75) is 4.90 Å². The molecular formula is C16H13FN2O4S. The van der Waals surface area contributed by atoms with Crippen molar-refractivity contribution in [3.05, 3.63) is 65.5 Å². The number of sulfone groups is 1. The minimum absolute atomic E-state index is 0.00860. The second kappa shape index (κ2) is 5.97. The molecule has 1 heterocycles. The summed E-state index contributed by atoms with van der Waals surface area (Å²) in [5, 5.41) is 9.65. The number of carbonyl (C=O) groups excluding carboxylic acids is 1. The van der Waals surface area contributed by atoms with Gasteiger partial charge >= 0.3 is 0 Å². The standard InChI is InChI=1S/C16H13FN2O4S/c17-10-5-6-15-12(9-10)13(7-8-24(15,22)23)18-19-16(21)11-3-1-2-4-14(11)20/h1-7,9,18,20H,8H2,(H,19,21). The zero-order valence-electron chi connectivity index (χ0n) is 12.3. The van der Waals surface area contributed by atoms with Gasteiger partial charge in [0.05, 0.1) is 21.9 Å². The van der Waals surface area contributed by atoms with Crippen molar-refractivity contribution in [1.29, 1.82) is 0 Å². The molecule has 2 aromatic carbocycles. The van der Waals surface area contributed by atoms with Crippen LogP contribution in [0.25, 0.3) is 5.70 Å².